The van der Waals surface area contributed by atoms with Gasteiger partial charge in [-0.1, -0.05) is 0 Å². The van der Waals surface area contributed by atoms with Crippen molar-refractivity contribution in [1.82, 2.24) is 9.88 Å². The maximum Gasteiger partial charge on any atom is 0.268 e. The maximum atomic E-state index is 12.2. The molecule has 20 heavy (non-hydrogen) atoms. The van der Waals surface area contributed by atoms with Crippen LogP contribution in [0, 0.1) is 0 Å². The number of carbonyl (C=O) groups is 1. The van der Waals surface area contributed by atoms with Gasteiger partial charge in [0.05, 0.1) is 6.10 Å². The summed E-state index contributed by atoms with van der Waals surface area (Å²) in [4.78, 5) is 12.2. The van der Waals surface area contributed by atoms with Gasteiger partial charge in [0, 0.05) is 18.8 Å². The number of hydrogen-bond acceptors (Lipinski definition) is 3. The number of rotatable bonds is 5. The molecule has 0 bridgehead atoms. The Morgan fingerprint density at radius 2 is 2.35 bits per heavy atom. The first-order chi connectivity index (χ1) is 9.75. The second kappa shape index (κ2) is 5.81. The number of aromatic nitrogens is 1. The number of carbonyl (C=O) groups excluding carboxylic acids is 1. The minimum Gasteiger partial charge on any atom is -0.387 e. The second-order valence-corrected chi connectivity index (χ2v) is 5.95. The molecule has 5 heteroatoms. The molecule has 2 aromatic rings. The summed E-state index contributed by atoms with van der Waals surface area (Å²) in [6.07, 6.45) is 4.85. The van der Waals surface area contributed by atoms with Crippen LogP contribution in [0.1, 0.15) is 47.5 Å². The number of aliphatic hydroxyl groups is 1. The van der Waals surface area contributed by atoms with E-state index in [2.05, 4.69) is 9.88 Å². The zero-order valence-electron chi connectivity index (χ0n) is 11.2. The molecular weight excluding hydrogens is 272 g/mol. The van der Waals surface area contributed by atoms with Crippen LogP contribution in [0.4, 0.5) is 0 Å². The topological polar surface area (TPSA) is 54.3 Å². The van der Waals surface area contributed by atoms with E-state index >= 15 is 0 Å². The summed E-state index contributed by atoms with van der Waals surface area (Å²) >= 11 is 1.54. The molecule has 1 amide bonds. The molecule has 1 atom stereocenters. The molecule has 0 aliphatic heterocycles. The lowest BCUT2D eigenvalue weighted by Crippen LogP contribution is -2.31. The molecule has 3 rings (SSSR count). The van der Waals surface area contributed by atoms with Crippen molar-refractivity contribution >= 4 is 17.2 Å². The van der Waals surface area contributed by atoms with Crippen molar-refractivity contribution in [3.8, 4) is 0 Å². The van der Waals surface area contributed by atoms with Crippen LogP contribution in [0.2, 0.25) is 0 Å². The number of thiophene rings is 1. The summed E-state index contributed by atoms with van der Waals surface area (Å²) in [5.41, 5.74) is 1.54. The van der Waals surface area contributed by atoms with Gasteiger partial charge in [-0.25, -0.2) is 0 Å². The molecule has 1 saturated carbocycles. The van der Waals surface area contributed by atoms with Gasteiger partial charge in [-0.3, -0.25) is 4.79 Å². The Kier molecular flexibility index (Phi) is 3.89. The molecule has 1 fully saturated rings. The van der Waals surface area contributed by atoms with Crippen LogP contribution < -0.4 is 5.32 Å². The van der Waals surface area contributed by atoms with Gasteiger partial charge in [-0.2, -0.15) is 11.3 Å². The largest absolute Gasteiger partial charge is 0.387 e. The van der Waals surface area contributed by atoms with Crippen molar-refractivity contribution < 1.29 is 9.90 Å². The highest BCUT2D eigenvalue weighted by atomic mass is 32.1. The lowest BCUT2D eigenvalue weighted by Gasteiger charge is -2.28. The van der Waals surface area contributed by atoms with Crippen LogP contribution in [-0.4, -0.2) is 22.1 Å². The predicted molar refractivity (Wildman–Crippen MR) is 78.9 cm³/mol. The monoisotopic (exact) mass is 290 g/mol. The maximum absolute atomic E-state index is 12.2. The molecule has 2 heterocycles. The minimum atomic E-state index is -0.641. The van der Waals surface area contributed by atoms with Crippen molar-refractivity contribution in [2.24, 2.45) is 0 Å². The zero-order valence-corrected chi connectivity index (χ0v) is 12.0. The number of nitrogens with one attached hydrogen (secondary N) is 1. The van der Waals surface area contributed by atoms with Crippen LogP contribution >= 0.6 is 11.3 Å². The van der Waals surface area contributed by atoms with E-state index in [-0.39, 0.29) is 12.5 Å². The van der Waals surface area contributed by atoms with Gasteiger partial charge in [0.25, 0.3) is 5.91 Å². The van der Waals surface area contributed by atoms with Gasteiger partial charge in [0.1, 0.15) is 5.69 Å². The lowest BCUT2D eigenvalue weighted by molar-refractivity contribution is 0.0901. The van der Waals surface area contributed by atoms with Gasteiger partial charge in [-0.05, 0) is 53.8 Å². The average Bonchev–Trinajstić information content (AvgIpc) is 3.04. The Balaban J connectivity index is 1.60. The summed E-state index contributed by atoms with van der Waals surface area (Å²) < 4.78 is 2.05. The molecule has 1 aliphatic carbocycles. The van der Waals surface area contributed by atoms with Crippen LogP contribution in [0.3, 0.4) is 0 Å². The molecule has 4 nitrogen and oxygen atoms in total. The normalized spacial score (nSPS) is 16.6. The highest BCUT2D eigenvalue weighted by Crippen LogP contribution is 2.32. The fraction of sp³-hybridized carbons (Fsp3) is 0.400. The Labute approximate surface area is 122 Å². The summed E-state index contributed by atoms with van der Waals surface area (Å²) in [5, 5.41) is 16.6. The Hall–Kier alpha value is -1.59. The van der Waals surface area contributed by atoms with Crippen LogP contribution in [0.25, 0.3) is 0 Å². The molecule has 2 N–H and O–H groups in total. The van der Waals surface area contributed by atoms with E-state index < -0.39 is 6.10 Å². The Morgan fingerprint density at radius 1 is 1.50 bits per heavy atom. The van der Waals surface area contributed by atoms with Crippen molar-refractivity contribution in [3.05, 3.63) is 46.4 Å². The van der Waals surface area contributed by atoms with E-state index in [1.807, 2.05) is 35.2 Å². The number of amides is 1. The van der Waals surface area contributed by atoms with E-state index in [1.165, 1.54) is 6.42 Å². The molecule has 106 valence electrons. The number of hydrogen-bond donors (Lipinski definition) is 2. The molecule has 0 spiro atoms. The lowest BCUT2D eigenvalue weighted by atomic mass is 9.93. The molecular formula is C15H18N2O2S. The summed E-state index contributed by atoms with van der Waals surface area (Å²) in [6, 6.07) is 6.08. The first kappa shape index (κ1) is 13.4. The third-order valence-electron chi connectivity index (χ3n) is 3.86. The highest BCUT2D eigenvalue weighted by Gasteiger charge is 2.23. The van der Waals surface area contributed by atoms with E-state index in [4.69, 9.17) is 0 Å². The third kappa shape index (κ3) is 2.64. The van der Waals surface area contributed by atoms with Crippen molar-refractivity contribution in [3.63, 3.8) is 0 Å². The Morgan fingerprint density at radius 3 is 3.00 bits per heavy atom. The average molecular weight is 290 g/mol. The van der Waals surface area contributed by atoms with Gasteiger partial charge in [0.15, 0.2) is 0 Å². The Bertz CT molecular complexity index is 572. The molecule has 0 radical (unpaired) electrons. The van der Waals surface area contributed by atoms with E-state index in [0.29, 0.717) is 11.7 Å². The first-order valence-corrected chi connectivity index (χ1v) is 7.85. The summed E-state index contributed by atoms with van der Waals surface area (Å²) in [7, 11) is 0. The third-order valence-corrected chi connectivity index (χ3v) is 4.57. The van der Waals surface area contributed by atoms with Crippen molar-refractivity contribution in [2.75, 3.05) is 6.54 Å². The molecule has 0 saturated heterocycles. The quantitative estimate of drug-likeness (QED) is 0.889. The summed E-state index contributed by atoms with van der Waals surface area (Å²) in [5.74, 6) is -0.115. The smallest absolute Gasteiger partial charge is 0.268 e. The molecule has 2 aromatic heterocycles. The highest BCUT2D eigenvalue weighted by molar-refractivity contribution is 7.07. The van der Waals surface area contributed by atoms with Gasteiger partial charge in [0.2, 0.25) is 0 Å². The van der Waals surface area contributed by atoms with E-state index in [1.54, 1.807) is 11.3 Å². The van der Waals surface area contributed by atoms with E-state index in [0.717, 1.165) is 18.4 Å². The van der Waals surface area contributed by atoms with Crippen molar-refractivity contribution in [2.45, 2.75) is 31.4 Å². The van der Waals surface area contributed by atoms with E-state index in [9.17, 15) is 9.90 Å². The fourth-order valence-electron chi connectivity index (χ4n) is 2.43. The second-order valence-electron chi connectivity index (χ2n) is 5.17. The molecule has 0 aromatic carbocycles. The van der Waals surface area contributed by atoms with Gasteiger partial charge >= 0.3 is 0 Å². The predicted octanol–water partition coefficient (Wildman–Crippen LogP) is 2.74. The number of nitrogens with zero attached hydrogens (tertiary/aromatic N) is 1. The van der Waals surface area contributed by atoms with Gasteiger partial charge < -0.3 is 15.0 Å². The SMILES string of the molecule is O=C(NCC(O)c1ccsc1)c1cccn1C1CCC1. The van der Waals surface area contributed by atoms with Crippen molar-refractivity contribution in [1.29, 1.82) is 0 Å². The zero-order chi connectivity index (χ0) is 13.9. The summed E-state index contributed by atoms with van der Waals surface area (Å²) in [6.45, 7) is 0.241. The first-order valence-electron chi connectivity index (χ1n) is 6.91. The standard InChI is InChI=1S/C15H18N2O2S/c18-14(11-6-8-20-10-11)9-16-15(19)13-5-2-7-17(13)12-3-1-4-12/h2,5-8,10,12,14,18H,1,3-4,9H2,(H,16,19). The minimum absolute atomic E-state index is 0.115. The van der Waals surface area contributed by atoms with Crippen LogP contribution in [0.15, 0.2) is 35.2 Å². The fourth-order valence-corrected chi connectivity index (χ4v) is 3.14. The van der Waals surface area contributed by atoms with Crippen LogP contribution in [-0.2, 0) is 0 Å². The van der Waals surface area contributed by atoms with Gasteiger partial charge in [-0.15, -0.1) is 0 Å². The van der Waals surface area contributed by atoms with Crippen LogP contribution in [0.5, 0.6) is 0 Å². The molecule has 1 unspecified atom stereocenters. The molecule has 1 aliphatic rings. The number of aliphatic hydroxyl groups excluding tert-OH is 1.